The summed E-state index contributed by atoms with van der Waals surface area (Å²) in [6, 6.07) is 0. The van der Waals surface area contributed by atoms with Crippen LogP contribution in [0, 0.1) is 11.3 Å². The van der Waals surface area contributed by atoms with Crippen LogP contribution >= 0.6 is 0 Å². The van der Waals surface area contributed by atoms with E-state index in [0.717, 1.165) is 5.92 Å². The van der Waals surface area contributed by atoms with Crippen molar-refractivity contribution < 1.29 is 0 Å². The molecule has 0 spiro atoms. The lowest BCUT2D eigenvalue weighted by Crippen LogP contribution is -2.60. The molecule has 76 valence electrons. The molecule has 0 atom stereocenters. The van der Waals surface area contributed by atoms with E-state index >= 15 is 0 Å². The summed E-state index contributed by atoms with van der Waals surface area (Å²) in [5, 5.41) is 0. The van der Waals surface area contributed by atoms with Gasteiger partial charge in [-0.1, -0.05) is 33.1 Å². The van der Waals surface area contributed by atoms with Gasteiger partial charge in [-0.3, -0.25) is 0 Å². The standard InChI is InChI=1S/C12H23N/c1-11(2)8-12(13,9-11)10-6-4-3-5-7-10/h10H,3-9,13H2,1-2H3. The third kappa shape index (κ3) is 1.76. The molecular weight excluding hydrogens is 158 g/mol. The Morgan fingerprint density at radius 2 is 1.54 bits per heavy atom. The van der Waals surface area contributed by atoms with E-state index in [0.29, 0.717) is 5.41 Å². The van der Waals surface area contributed by atoms with Crippen molar-refractivity contribution in [2.45, 2.75) is 64.3 Å². The highest BCUT2D eigenvalue weighted by atomic mass is 14.8. The Kier molecular flexibility index (Phi) is 2.18. The van der Waals surface area contributed by atoms with Crippen LogP contribution in [0.3, 0.4) is 0 Å². The molecule has 1 nitrogen and oxygen atoms in total. The number of nitrogens with two attached hydrogens (primary N) is 1. The van der Waals surface area contributed by atoms with Gasteiger partial charge in [-0.25, -0.2) is 0 Å². The molecule has 0 aromatic rings. The van der Waals surface area contributed by atoms with Crippen LogP contribution in [0.2, 0.25) is 0 Å². The first-order valence-electron chi connectivity index (χ1n) is 5.81. The molecule has 0 unspecified atom stereocenters. The molecule has 0 radical (unpaired) electrons. The minimum absolute atomic E-state index is 0.226. The molecule has 2 rings (SSSR count). The van der Waals surface area contributed by atoms with Gasteiger partial charge in [0.25, 0.3) is 0 Å². The van der Waals surface area contributed by atoms with Gasteiger partial charge in [0.15, 0.2) is 0 Å². The van der Waals surface area contributed by atoms with Gasteiger partial charge in [-0.05, 0) is 37.0 Å². The van der Waals surface area contributed by atoms with Gasteiger partial charge in [-0.2, -0.15) is 0 Å². The smallest absolute Gasteiger partial charge is 0.0193 e. The molecule has 0 aliphatic heterocycles. The first kappa shape index (κ1) is 9.51. The number of hydrogen-bond donors (Lipinski definition) is 1. The highest BCUT2D eigenvalue weighted by molar-refractivity contribution is 5.07. The van der Waals surface area contributed by atoms with E-state index in [1.165, 1.54) is 44.9 Å². The first-order chi connectivity index (χ1) is 6.02. The number of rotatable bonds is 1. The molecule has 0 bridgehead atoms. The SMILES string of the molecule is CC1(C)CC(N)(C2CCCCC2)C1. The molecule has 13 heavy (non-hydrogen) atoms. The van der Waals surface area contributed by atoms with Crippen molar-refractivity contribution in [2.24, 2.45) is 17.1 Å². The molecule has 2 aliphatic carbocycles. The van der Waals surface area contributed by atoms with Gasteiger partial charge in [0.05, 0.1) is 0 Å². The summed E-state index contributed by atoms with van der Waals surface area (Å²) in [6.07, 6.45) is 9.58. The lowest BCUT2D eigenvalue weighted by Gasteiger charge is -2.56. The summed E-state index contributed by atoms with van der Waals surface area (Å²) in [6.45, 7) is 4.70. The van der Waals surface area contributed by atoms with Gasteiger partial charge >= 0.3 is 0 Å². The summed E-state index contributed by atoms with van der Waals surface area (Å²) in [5.41, 5.74) is 7.21. The quantitative estimate of drug-likeness (QED) is 0.661. The first-order valence-corrected chi connectivity index (χ1v) is 5.81. The van der Waals surface area contributed by atoms with Crippen molar-refractivity contribution >= 4 is 0 Å². The third-order valence-corrected chi connectivity index (χ3v) is 4.03. The fourth-order valence-electron chi connectivity index (χ4n) is 3.70. The van der Waals surface area contributed by atoms with Gasteiger partial charge in [0.1, 0.15) is 0 Å². The topological polar surface area (TPSA) is 26.0 Å². The second kappa shape index (κ2) is 2.98. The highest BCUT2D eigenvalue weighted by Crippen LogP contribution is 2.52. The van der Waals surface area contributed by atoms with E-state index in [2.05, 4.69) is 13.8 Å². The fourth-order valence-corrected chi connectivity index (χ4v) is 3.70. The maximum atomic E-state index is 6.45. The van der Waals surface area contributed by atoms with E-state index < -0.39 is 0 Å². The van der Waals surface area contributed by atoms with Crippen LogP contribution in [0.5, 0.6) is 0 Å². The summed E-state index contributed by atoms with van der Waals surface area (Å²) < 4.78 is 0. The van der Waals surface area contributed by atoms with Crippen molar-refractivity contribution in [1.82, 2.24) is 0 Å². The molecule has 2 fully saturated rings. The Balaban J connectivity index is 1.93. The van der Waals surface area contributed by atoms with Crippen molar-refractivity contribution in [3.05, 3.63) is 0 Å². The van der Waals surface area contributed by atoms with Crippen LogP contribution in [0.25, 0.3) is 0 Å². The lowest BCUT2D eigenvalue weighted by molar-refractivity contribution is 0.00293. The van der Waals surface area contributed by atoms with E-state index in [1.807, 2.05) is 0 Å². The molecule has 2 aliphatic rings. The molecule has 0 amide bonds. The highest BCUT2D eigenvalue weighted by Gasteiger charge is 2.50. The third-order valence-electron chi connectivity index (χ3n) is 4.03. The summed E-state index contributed by atoms with van der Waals surface area (Å²) >= 11 is 0. The zero-order valence-corrected chi connectivity index (χ0v) is 9.10. The second-order valence-electron chi connectivity index (χ2n) is 6.09. The van der Waals surface area contributed by atoms with Crippen LogP contribution in [-0.2, 0) is 0 Å². The van der Waals surface area contributed by atoms with Crippen molar-refractivity contribution in [3.8, 4) is 0 Å². The normalized spacial score (nSPS) is 32.5. The molecule has 0 saturated heterocycles. The van der Waals surface area contributed by atoms with Crippen LogP contribution in [-0.4, -0.2) is 5.54 Å². The van der Waals surface area contributed by atoms with Gasteiger partial charge in [0.2, 0.25) is 0 Å². The summed E-state index contributed by atoms with van der Waals surface area (Å²) in [7, 11) is 0. The molecule has 0 aromatic carbocycles. The molecule has 0 aromatic heterocycles. The maximum absolute atomic E-state index is 6.45. The van der Waals surface area contributed by atoms with Gasteiger partial charge < -0.3 is 5.73 Å². The van der Waals surface area contributed by atoms with E-state index in [9.17, 15) is 0 Å². The van der Waals surface area contributed by atoms with Crippen molar-refractivity contribution in [1.29, 1.82) is 0 Å². The zero-order chi connectivity index (χ0) is 9.53. The van der Waals surface area contributed by atoms with Crippen LogP contribution in [0.1, 0.15) is 58.8 Å². The Labute approximate surface area is 82.1 Å². The minimum Gasteiger partial charge on any atom is -0.325 e. The Hall–Kier alpha value is -0.0400. The minimum atomic E-state index is 0.226. The van der Waals surface area contributed by atoms with E-state index in [4.69, 9.17) is 5.73 Å². The molecule has 1 heteroatoms. The zero-order valence-electron chi connectivity index (χ0n) is 9.10. The Bertz CT molecular complexity index is 181. The van der Waals surface area contributed by atoms with Gasteiger partial charge in [-0.15, -0.1) is 0 Å². The molecule has 2 saturated carbocycles. The molecular formula is C12H23N. The van der Waals surface area contributed by atoms with E-state index in [1.54, 1.807) is 0 Å². The van der Waals surface area contributed by atoms with Crippen LogP contribution in [0.4, 0.5) is 0 Å². The second-order valence-corrected chi connectivity index (χ2v) is 6.09. The molecule has 2 N–H and O–H groups in total. The van der Waals surface area contributed by atoms with Crippen LogP contribution in [0.15, 0.2) is 0 Å². The largest absolute Gasteiger partial charge is 0.325 e. The average Bonchev–Trinajstić information content (AvgIpc) is 2.02. The predicted octanol–water partition coefficient (Wildman–Crippen LogP) is 3.08. The summed E-state index contributed by atoms with van der Waals surface area (Å²) in [4.78, 5) is 0. The maximum Gasteiger partial charge on any atom is 0.0193 e. The average molecular weight is 181 g/mol. The van der Waals surface area contributed by atoms with Gasteiger partial charge in [0, 0.05) is 5.54 Å². The Morgan fingerprint density at radius 1 is 1.00 bits per heavy atom. The predicted molar refractivity (Wildman–Crippen MR) is 56.5 cm³/mol. The lowest BCUT2D eigenvalue weighted by atomic mass is 9.53. The van der Waals surface area contributed by atoms with Crippen molar-refractivity contribution in [2.75, 3.05) is 0 Å². The van der Waals surface area contributed by atoms with E-state index in [-0.39, 0.29) is 5.54 Å². The van der Waals surface area contributed by atoms with Crippen molar-refractivity contribution in [3.63, 3.8) is 0 Å². The fraction of sp³-hybridized carbons (Fsp3) is 1.00. The Morgan fingerprint density at radius 3 is 2.00 bits per heavy atom. The molecule has 0 heterocycles. The monoisotopic (exact) mass is 181 g/mol. The number of hydrogen-bond acceptors (Lipinski definition) is 1. The summed E-state index contributed by atoms with van der Waals surface area (Å²) in [5.74, 6) is 0.842. The van der Waals surface area contributed by atoms with Crippen LogP contribution < -0.4 is 5.73 Å².